The first-order valence-corrected chi connectivity index (χ1v) is 5.43. The van der Waals surface area contributed by atoms with Crippen LogP contribution in [0.4, 0.5) is 0 Å². The van der Waals surface area contributed by atoms with Crippen molar-refractivity contribution in [2.75, 3.05) is 7.11 Å². The number of nitrogens with two attached hydrogens (primary N) is 1. The molecule has 3 nitrogen and oxygen atoms in total. The number of benzene rings is 1. The average molecular weight is 221 g/mol. The molecule has 0 aliphatic heterocycles. The van der Waals surface area contributed by atoms with Crippen molar-refractivity contribution in [3.05, 3.63) is 29.3 Å². The van der Waals surface area contributed by atoms with E-state index in [1.807, 2.05) is 32.0 Å². The second kappa shape index (κ2) is 5.66. The highest BCUT2D eigenvalue weighted by Crippen LogP contribution is 2.20. The maximum absolute atomic E-state index is 11.7. The molecule has 0 aliphatic carbocycles. The van der Waals surface area contributed by atoms with Crippen LogP contribution in [0.3, 0.4) is 0 Å². The van der Waals surface area contributed by atoms with Gasteiger partial charge in [-0.1, -0.05) is 17.7 Å². The number of ether oxygens (including phenoxy) is 1. The van der Waals surface area contributed by atoms with Crippen LogP contribution >= 0.6 is 0 Å². The average Bonchev–Trinajstić information content (AvgIpc) is 2.16. The van der Waals surface area contributed by atoms with Gasteiger partial charge in [-0.25, -0.2) is 0 Å². The lowest BCUT2D eigenvalue weighted by atomic mass is 10.0. The van der Waals surface area contributed by atoms with Crippen LogP contribution in [0.1, 0.15) is 24.5 Å². The van der Waals surface area contributed by atoms with Gasteiger partial charge in [0.1, 0.15) is 11.5 Å². The lowest BCUT2D eigenvalue weighted by molar-refractivity contribution is -0.118. The summed E-state index contributed by atoms with van der Waals surface area (Å²) in [6.45, 7) is 3.84. The van der Waals surface area contributed by atoms with Gasteiger partial charge in [0.2, 0.25) is 0 Å². The molecule has 0 bridgehead atoms. The number of methoxy groups -OCH3 is 1. The number of carbonyl (C=O) groups is 1. The molecule has 0 heterocycles. The maximum Gasteiger partial charge on any atom is 0.138 e. The first-order chi connectivity index (χ1) is 7.52. The zero-order valence-electron chi connectivity index (χ0n) is 10.1. The van der Waals surface area contributed by atoms with Crippen molar-refractivity contribution in [1.29, 1.82) is 0 Å². The summed E-state index contributed by atoms with van der Waals surface area (Å²) in [4.78, 5) is 11.7. The van der Waals surface area contributed by atoms with E-state index in [2.05, 4.69) is 0 Å². The van der Waals surface area contributed by atoms with Crippen LogP contribution in [0.5, 0.6) is 5.75 Å². The zero-order chi connectivity index (χ0) is 12.1. The summed E-state index contributed by atoms with van der Waals surface area (Å²) >= 11 is 0. The Hall–Kier alpha value is -1.35. The minimum Gasteiger partial charge on any atom is -0.496 e. The van der Waals surface area contributed by atoms with E-state index in [1.165, 1.54) is 0 Å². The molecule has 0 saturated heterocycles. The summed E-state index contributed by atoms with van der Waals surface area (Å²) in [6, 6.07) is 5.77. The highest BCUT2D eigenvalue weighted by atomic mass is 16.5. The minimum absolute atomic E-state index is 0.0803. The highest BCUT2D eigenvalue weighted by molar-refractivity contribution is 5.82. The molecule has 0 radical (unpaired) electrons. The number of rotatable bonds is 5. The van der Waals surface area contributed by atoms with E-state index >= 15 is 0 Å². The quantitative estimate of drug-likeness (QED) is 0.825. The van der Waals surface area contributed by atoms with Crippen molar-refractivity contribution in [3.8, 4) is 5.75 Å². The molecule has 16 heavy (non-hydrogen) atoms. The molecule has 0 fully saturated rings. The topological polar surface area (TPSA) is 52.3 Å². The Morgan fingerprint density at radius 2 is 2.19 bits per heavy atom. The monoisotopic (exact) mass is 221 g/mol. The van der Waals surface area contributed by atoms with E-state index < -0.39 is 0 Å². The summed E-state index contributed by atoms with van der Waals surface area (Å²) in [5.41, 5.74) is 7.66. The van der Waals surface area contributed by atoms with E-state index in [0.29, 0.717) is 12.8 Å². The van der Waals surface area contributed by atoms with Gasteiger partial charge < -0.3 is 10.5 Å². The molecule has 1 aromatic rings. The third-order valence-electron chi connectivity index (χ3n) is 2.37. The van der Waals surface area contributed by atoms with Gasteiger partial charge in [0.25, 0.3) is 0 Å². The molecule has 88 valence electrons. The summed E-state index contributed by atoms with van der Waals surface area (Å²) in [5.74, 6) is 0.919. The number of hydrogen-bond acceptors (Lipinski definition) is 3. The molecule has 0 spiro atoms. The molecule has 1 atom stereocenters. The molecule has 0 aromatic heterocycles. The Bertz CT molecular complexity index is 372. The van der Waals surface area contributed by atoms with E-state index in [9.17, 15) is 4.79 Å². The van der Waals surface area contributed by atoms with Crippen LogP contribution in [-0.4, -0.2) is 18.9 Å². The van der Waals surface area contributed by atoms with Gasteiger partial charge in [-0.05, 0) is 19.9 Å². The van der Waals surface area contributed by atoms with Gasteiger partial charge in [-0.3, -0.25) is 4.79 Å². The maximum atomic E-state index is 11.7. The number of aryl methyl sites for hydroxylation is 1. The summed E-state index contributed by atoms with van der Waals surface area (Å²) in [7, 11) is 1.62. The van der Waals surface area contributed by atoms with E-state index in [-0.39, 0.29) is 11.8 Å². The molecule has 1 rings (SSSR count). The molecule has 0 aliphatic rings. The summed E-state index contributed by atoms with van der Waals surface area (Å²) < 4.78 is 5.22. The SMILES string of the molecule is COc1ccc(C)cc1CC(=O)CC(C)N. The second-order valence-corrected chi connectivity index (χ2v) is 4.21. The Kier molecular flexibility index (Phi) is 4.50. The fourth-order valence-corrected chi connectivity index (χ4v) is 1.69. The Morgan fingerprint density at radius 1 is 1.50 bits per heavy atom. The smallest absolute Gasteiger partial charge is 0.138 e. The van der Waals surface area contributed by atoms with Crippen molar-refractivity contribution in [1.82, 2.24) is 0 Å². The highest BCUT2D eigenvalue weighted by Gasteiger charge is 2.10. The first-order valence-electron chi connectivity index (χ1n) is 5.43. The number of carbonyl (C=O) groups excluding carboxylic acids is 1. The molecular formula is C13H19NO2. The second-order valence-electron chi connectivity index (χ2n) is 4.21. The van der Waals surface area contributed by atoms with Gasteiger partial charge in [0.15, 0.2) is 0 Å². The molecule has 0 saturated carbocycles. The Morgan fingerprint density at radius 3 is 2.75 bits per heavy atom. The van der Waals surface area contributed by atoms with Crippen molar-refractivity contribution in [2.24, 2.45) is 5.73 Å². The van der Waals surface area contributed by atoms with Gasteiger partial charge >= 0.3 is 0 Å². The van der Waals surface area contributed by atoms with Crippen molar-refractivity contribution in [3.63, 3.8) is 0 Å². The van der Waals surface area contributed by atoms with E-state index in [4.69, 9.17) is 10.5 Å². The normalized spacial score (nSPS) is 12.2. The Balaban J connectivity index is 2.79. The third-order valence-corrected chi connectivity index (χ3v) is 2.37. The van der Waals surface area contributed by atoms with Crippen LogP contribution in [0.2, 0.25) is 0 Å². The number of ketones is 1. The van der Waals surface area contributed by atoms with Gasteiger partial charge in [-0.2, -0.15) is 0 Å². The third kappa shape index (κ3) is 3.66. The van der Waals surface area contributed by atoms with Crippen LogP contribution in [-0.2, 0) is 11.2 Å². The molecular weight excluding hydrogens is 202 g/mol. The zero-order valence-corrected chi connectivity index (χ0v) is 10.1. The van der Waals surface area contributed by atoms with Gasteiger partial charge in [0.05, 0.1) is 7.11 Å². The fourth-order valence-electron chi connectivity index (χ4n) is 1.69. The molecule has 1 aromatic carbocycles. The Labute approximate surface area is 96.6 Å². The van der Waals surface area contributed by atoms with Crippen LogP contribution in [0.15, 0.2) is 18.2 Å². The van der Waals surface area contributed by atoms with Crippen LogP contribution in [0, 0.1) is 6.92 Å². The predicted molar refractivity (Wildman–Crippen MR) is 64.7 cm³/mol. The van der Waals surface area contributed by atoms with Crippen LogP contribution < -0.4 is 10.5 Å². The standard InChI is InChI=1S/C13H19NO2/c1-9-4-5-13(16-3)11(6-9)8-12(15)7-10(2)14/h4-6,10H,7-8,14H2,1-3H3. The number of hydrogen-bond donors (Lipinski definition) is 1. The van der Waals surface area contributed by atoms with Crippen molar-refractivity contribution < 1.29 is 9.53 Å². The lowest BCUT2D eigenvalue weighted by Gasteiger charge is -2.09. The first kappa shape index (κ1) is 12.7. The summed E-state index contributed by atoms with van der Waals surface area (Å²) in [6.07, 6.45) is 0.809. The van der Waals surface area contributed by atoms with Crippen molar-refractivity contribution in [2.45, 2.75) is 32.7 Å². The molecule has 1 unspecified atom stereocenters. The lowest BCUT2D eigenvalue weighted by Crippen LogP contribution is -2.20. The number of Topliss-reactive ketones (excluding diaryl/α,β-unsaturated/α-hetero) is 1. The van der Waals surface area contributed by atoms with Crippen molar-refractivity contribution >= 4 is 5.78 Å². The van der Waals surface area contributed by atoms with E-state index in [0.717, 1.165) is 16.9 Å². The van der Waals surface area contributed by atoms with E-state index in [1.54, 1.807) is 7.11 Å². The van der Waals surface area contributed by atoms with Gasteiger partial charge in [-0.15, -0.1) is 0 Å². The largest absolute Gasteiger partial charge is 0.496 e. The predicted octanol–water partition coefficient (Wildman–Crippen LogP) is 1.85. The molecule has 3 heteroatoms. The molecule has 0 amide bonds. The van der Waals surface area contributed by atoms with Crippen LogP contribution in [0.25, 0.3) is 0 Å². The minimum atomic E-state index is -0.0803. The van der Waals surface area contributed by atoms with Gasteiger partial charge in [0, 0.05) is 24.4 Å². The summed E-state index contributed by atoms with van der Waals surface area (Å²) in [5, 5.41) is 0. The molecule has 2 N–H and O–H groups in total. The fraction of sp³-hybridized carbons (Fsp3) is 0.462.